The zero-order valence-corrected chi connectivity index (χ0v) is 23.6. The van der Waals surface area contributed by atoms with Gasteiger partial charge in [-0.15, -0.1) is 24.8 Å². The van der Waals surface area contributed by atoms with Crippen molar-refractivity contribution in [1.29, 1.82) is 0 Å². The van der Waals surface area contributed by atoms with Gasteiger partial charge in [-0.3, -0.25) is 0 Å². The molecule has 2 aromatic rings. The summed E-state index contributed by atoms with van der Waals surface area (Å²) < 4.78 is 0. The van der Waals surface area contributed by atoms with Crippen molar-refractivity contribution in [3.05, 3.63) is 58.7 Å². The number of para-hydroxylation sites is 2. The monoisotopic (exact) mass is 555 g/mol. The van der Waals surface area contributed by atoms with Crippen molar-refractivity contribution in [2.24, 2.45) is 11.8 Å². The number of fused-ring (bicyclic) bond motifs is 4. The topological polar surface area (TPSA) is 30.5 Å². The van der Waals surface area contributed by atoms with Crippen molar-refractivity contribution in [3.8, 4) is 0 Å². The molecule has 0 aromatic heterocycles. The van der Waals surface area contributed by atoms with E-state index in [9.17, 15) is 0 Å². The Morgan fingerprint density at radius 2 is 1.08 bits per heavy atom. The molecule has 207 valence electrons. The molecule has 2 saturated carbocycles. The molecule has 0 saturated heterocycles. The van der Waals surface area contributed by atoms with E-state index in [-0.39, 0.29) is 40.7 Å². The predicted molar refractivity (Wildman–Crippen MR) is 168 cm³/mol. The highest BCUT2D eigenvalue weighted by Crippen LogP contribution is 2.50. The van der Waals surface area contributed by atoms with Crippen LogP contribution in [0.4, 0.5) is 11.4 Å². The zero-order valence-electron chi connectivity index (χ0n) is 22.0. The summed E-state index contributed by atoms with van der Waals surface area (Å²) in [6.07, 6.45) is 8.59. The lowest BCUT2D eigenvalue weighted by atomic mass is 9.82. The summed E-state index contributed by atoms with van der Waals surface area (Å²) >= 11 is 0. The molecule has 2 N–H and O–H groups in total. The molecule has 0 spiro atoms. The lowest BCUT2D eigenvalue weighted by molar-refractivity contribution is 0.454. The molecular formula is C31H46BCl2N4. The molecule has 0 bridgehead atoms. The quantitative estimate of drug-likeness (QED) is 0.385. The van der Waals surface area contributed by atoms with Gasteiger partial charge in [0.25, 0.3) is 0 Å². The fourth-order valence-corrected chi connectivity index (χ4v) is 8.24. The first kappa shape index (κ1) is 31.1. The van der Waals surface area contributed by atoms with Crippen molar-refractivity contribution < 1.29 is 0 Å². The zero-order chi connectivity index (χ0) is 22.5. The van der Waals surface area contributed by atoms with E-state index in [0.29, 0.717) is 0 Å². The molecule has 4 atom stereocenters. The van der Waals surface area contributed by atoms with Crippen LogP contribution in [-0.4, -0.2) is 47.7 Å². The molecule has 4 nitrogen and oxygen atoms in total. The van der Waals surface area contributed by atoms with E-state index >= 15 is 0 Å². The number of nitrogens with one attached hydrogen (secondary N) is 2. The molecule has 4 aliphatic heterocycles. The fraction of sp³-hybridized carbons (Fsp3) is 0.613. The molecule has 3 radical (unpaired) electrons. The minimum atomic E-state index is 0. The van der Waals surface area contributed by atoms with Gasteiger partial charge in [0, 0.05) is 72.1 Å². The summed E-state index contributed by atoms with van der Waals surface area (Å²) in [6, 6.07) is 13.9. The van der Waals surface area contributed by atoms with E-state index in [2.05, 4.69) is 56.8 Å². The molecule has 4 unspecified atom stereocenters. The summed E-state index contributed by atoms with van der Waals surface area (Å²) in [4.78, 5) is 5.30. The largest absolute Gasteiger partial charge is 0.369 e. The number of nitrogens with zero attached hydrogens (tertiary/aromatic N) is 2. The third-order valence-electron chi connectivity index (χ3n) is 9.71. The summed E-state index contributed by atoms with van der Waals surface area (Å²) in [5.74, 6) is 3.57. The Kier molecular flexibility index (Phi) is 10.9. The van der Waals surface area contributed by atoms with Crippen LogP contribution in [0.25, 0.3) is 0 Å². The molecule has 2 aromatic carbocycles. The van der Waals surface area contributed by atoms with E-state index in [0.717, 1.165) is 49.9 Å². The van der Waals surface area contributed by atoms with Crippen molar-refractivity contribution >= 4 is 44.6 Å². The van der Waals surface area contributed by atoms with Crippen molar-refractivity contribution in [2.75, 3.05) is 49.1 Å². The molecule has 6 aliphatic rings. The van der Waals surface area contributed by atoms with Gasteiger partial charge in [0.15, 0.2) is 0 Å². The van der Waals surface area contributed by atoms with Gasteiger partial charge >= 0.3 is 0 Å². The first-order valence-corrected chi connectivity index (χ1v) is 14.0. The Labute approximate surface area is 245 Å². The van der Waals surface area contributed by atoms with Crippen molar-refractivity contribution in [1.82, 2.24) is 10.6 Å². The average molecular weight is 556 g/mol. The van der Waals surface area contributed by atoms with Gasteiger partial charge in [-0.1, -0.05) is 56.7 Å². The first-order chi connectivity index (χ1) is 16.9. The SMILES string of the molecule is C.Cl.Cl.[B].c1cc2c3c(c1)C1CCCC1CN3CCNC2.c1cc2c3c(c1)C1CCCC1CN3CCNC2. The predicted octanol–water partition coefficient (Wildman–Crippen LogP) is 6.09. The Morgan fingerprint density at radius 3 is 1.53 bits per heavy atom. The molecule has 0 amide bonds. The molecule has 4 heterocycles. The van der Waals surface area contributed by atoms with Crippen LogP contribution < -0.4 is 20.4 Å². The van der Waals surface area contributed by atoms with Gasteiger partial charge in [0.2, 0.25) is 0 Å². The third kappa shape index (κ3) is 5.46. The maximum atomic E-state index is 3.55. The third-order valence-corrected chi connectivity index (χ3v) is 9.71. The minimum Gasteiger partial charge on any atom is -0.369 e. The fourth-order valence-electron chi connectivity index (χ4n) is 8.24. The highest BCUT2D eigenvalue weighted by molar-refractivity contribution is 5.85. The van der Waals surface area contributed by atoms with E-state index in [4.69, 9.17) is 0 Å². The van der Waals surface area contributed by atoms with Gasteiger partial charge in [-0.25, -0.2) is 0 Å². The van der Waals surface area contributed by atoms with Crippen LogP contribution in [0.2, 0.25) is 0 Å². The molecular weight excluding hydrogens is 510 g/mol. The Bertz CT molecular complexity index is 983. The standard InChI is InChI=1S/2C15H20N2.CH4.B.2ClH/c2*1-3-11-9-16-7-8-17-10-12-4-2-5-13(12)14(6-1)15(11)17;;;;/h2*1,3,6,12-13,16H,2,4-5,7-10H2;1H4;;2*1H. The van der Waals surface area contributed by atoms with Gasteiger partial charge in [-0.05, 0) is 71.6 Å². The molecule has 7 heteroatoms. The van der Waals surface area contributed by atoms with Crippen molar-refractivity contribution in [3.63, 3.8) is 0 Å². The highest BCUT2D eigenvalue weighted by Gasteiger charge is 2.39. The van der Waals surface area contributed by atoms with E-state index in [1.165, 1.54) is 75.8 Å². The van der Waals surface area contributed by atoms with Gasteiger partial charge in [0.05, 0.1) is 0 Å². The van der Waals surface area contributed by atoms with E-state index in [1.54, 1.807) is 22.5 Å². The van der Waals surface area contributed by atoms with E-state index in [1.807, 2.05) is 0 Å². The maximum Gasteiger partial charge on any atom is 0.0447 e. The summed E-state index contributed by atoms with van der Waals surface area (Å²) in [6.45, 7) is 9.35. The lowest BCUT2D eigenvalue weighted by Crippen LogP contribution is -2.38. The maximum absolute atomic E-state index is 3.55. The average Bonchev–Trinajstić information content (AvgIpc) is 3.43. The molecule has 2 fully saturated rings. The Morgan fingerprint density at radius 1 is 0.632 bits per heavy atom. The molecule has 8 rings (SSSR count). The summed E-state index contributed by atoms with van der Waals surface area (Å²) in [5, 5.41) is 7.09. The lowest BCUT2D eigenvalue weighted by Gasteiger charge is -2.38. The second-order valence-electron chi connectivity index (χ2n) is 11.6. The van der Waals surface area contributed by atoms with Crippen molar-refractivity contribution in [2.45, 2.75) is 70.9 Å². The number of anilines is 2. The summed E-state index contributed by atoms with van der Waals surface area (Å²) in [5.41, 5.74) is 9.51. The second kappa shape index (κ2) is 13.3. The Balaban J connectivity index is 0.000000190. The normalized spacial score (nSPS) is 27.5. The van der Waals surface area contributed by atoms with Crippen LogP contribution in [0.3, 0.4) is 0 Å². The molecule has 2 aliphatic carbocycles. The first-order valence-electron chi connectivity index (χ1n) is 14.0. The van der Waals surface area contributed by atoms with Crippen LogP contribution in [0.15, 0.2) is 36.4 Å². The van der Waals surface area contributed by atoms with Gasteiger partial charge in [0.1, 0.15) is 0 Å². The van der Waals surface area contributed by atoms with Gasteiger partial charge in [-0.2, -0.15) is 0 Å². The summed E-state index contributed by atoms with van der Waals surface area (Å²) in [7, 11) is 0. The smallest absolute Gasteiger partial charge is 0.0447 e. The minimum absolute atomic E-state index is 0. The number of hydrogen-bond donors (Lipinski definition) is 2. The number of hydrogen-bond acceptors (Lipinski definition) is 4. The van der Waals surface area contributed by atoms with Crippen LogP contribution in [0.1, 0.15) is 80.0 Å². The van der Waals surface area contributed by atoms with Crippen LogP contribution in [0, 0.1) is 11.8 Å². The number of benzene rings is 2. The van der Waals surface area contributed by atoms with E-state index < -0.39 is 0 Å². The van der Waals surface area contributed by atoms with Gasteiger partial charge < -0.3 is 20.4 Å². The highest BCUT2D eigenvalue weighted by atomic mass is 35.5. The second-order valence-corrected chi connectivity index (χ2v) is 11.6. The number of halogens is 2. The molecule has 38 heavy (non-hydrogen) atoms. The Hall–Kier alpha value is -1.40. The number of rotatable bonds is 0. The van der Waals surface area contributed by atoms with Crippen LogP contribution >= 0.6 is 24.8 Å². The van der Waals surface area contributed by atoms with Crippen LogP contribution in [-0.2, 0) is 13.1 Å². The van der Waals surface area contributed by atoms with Crippen LogP contribution in [0.5, 0.6) is 0 Å².